The maximum Gasteiger partial charge on any atom is 0.122 e. The molecule has 0 aliphatic carbocycles. The molecule has 1 aromatic carbocycles. The Morgan fingerprint density at radius 2 is 1.63 bits per heavy atom. The monoisotopic (exact) mass is 265 g/mol. The van der Waals surface area contributed by atoms with Gasteiger partial charge in [0.1, 0.15) is 11.5 Å². The molecule has 0 amide bonds. The highest BCUT2D eigenvalue weighted by atomic mass is 16.5. The third-order valence-electron chi connectivity index (χ3n) is 3.28. The van der Waals surface area contributed by atoms with E-state index in [4.69, 9.17) is 15.2 Å². The van der Waals surface area contributed by atoms with Gasteiger partial charge in [-0.2, -0.15) is 0 Å². The van der Waals surface area contributed by atoms with Crippen LogP contribution in [0, 0.1) is 0 Å². The Hall–Kier alpha value is -1.22. The van der Waals surface area contributed by atoms with Crippen molar-refractivity contribution in [2.75, 3.05) is 14.2 Å². The van der Waals surface area contributed by atoms with Crippen molar-refractivity contribution in [2.45, 2.75) is 52.0 Å². The van der Waals surface area contributed by atoms with Gasteiger partial charge in [-0.3, -0.25) is 0 Å². The number of hydrogen-bond acceptors (Lipinski definition) is 3. The van der Waals surface area contributed by atoms with Crippen molar-refractivity contribution >= 4 is 0 Å². The van der Waals surface area contributed by atoms with Crippen LogP contribution in [0.25, 0.3) is 0 Å². The summed E-state index contributed by atoms with van der Waals surface area (Å²) in [6, 6.07) is 4.29. The molecule has 2 N–H and O–H groups in total. The molecule has 0 fully saturated rings. The highest BCUT2D eigenvalue weighted by Crippen LogP contribution is 2.30. The molecule has 108 valence electrons. The van der Waals surface area contributed by atoms with Crippen LogP contribution >= 0.6 is 0 Å². The first-order valence-corrected chi connectivity index (χ1v) is 7.11. The molecule has 0 heterocycles. The third kappa shape index (κ3) is 4.75. The summed E-state index contributed by atoms with van der Waals surface area (Å²) in [5.41, 5.74) is 8.22. The lowest BCUT2D eigenvalue weighted by molar-refractivity contribution is 0.393. The van der Waals surface area contributed by atoms with Crippen LogP contribution in [0.4, 0.5) is 0 Å². The van der Waals surface area contributed by atoms with E-state index >= 15 is 0 Å². The zero-order valence-corrected chi connectivity index (χ0v) is 12.7. The van der Waals surface area contributed by atoms with E-state index in [0.717, 1.165) is 29.9 Å². The first-order chi connectivity index (χ1) is 9.12. The van der Waals surface area contributed by atoms with Crippen LogP contribution in [-0.2, 0) is 12.8 Å². The molecule has 0 saturated carbocycles. The maximum absolute atomic E-state index is 5.88. The Balaban J connectivity index is 2.97. The standard InChI is InChI=1S/C16H27NO2/c1-5-6-7-8-13-10-16(19-4)14(9-12(2)17)11-15(13)18-3/h10-12H,5-9,17H2,1-4H3. The minimum Gasteiger partial charge on any atom is -0.496 e. The SMILES string of the molecule is CCCCCc1cc(OC)c(CC(C)N)cc1OC. The van der Waals surface area contributed by atoms with Gasteiger partial charge < -0.3 is 15.2 Å². The fraction of sp³-hybridized carbons (Fsp3) is 0.625. The van der Waals surface area contributed by atoms with Gasteiger partial charge in [-0.15, -0.1) is 0 Å². The summed E-state index contributed by atoms with van der Waals surface area (Å²) in [4.78, 5) is 0. The van der Waals surface area contributed by atoms with Crippen molar-refractivity contribution in [1.29, 1.82) is 0 Å². The molecule has 0 aliphatic heterocycles. The zero-order chi connectivity index (χ0) is 14.3. The molecule has 1 unspecified atom stereocenters. The molecule has 0 spiro atoms. The second-order valence-electron chi connectivity index (χ2n) is 5.11. The molecule has 0 bridgehead atoms. The minimum absolute atomic E-state index is 0.115. The Bertz CT molecular complexity index is 389. The molecule has 0 aromatic heterocycles. The van der Waals surface area contributed by atoms with Gasteiger partial charge in [0.15, 0.2) is 0 Å². The van der Waals surface area contributed by atoms with Gasteiger partial charge in [0, 0.05) is 6.04 Å². The van der Waals surface area contributed by atoms with Crippen molar-refractivity contribution in [3.63, 3.8) is 0 Å². The van der Waals surface area contributed by atoms with Crippen molar-refractivity contribution in [3.05, 3.63) is 23.3 Å². The van der Waals surface area contributed by atoms with Gasteiger partial charge in [-0.05, 0) is 49.4 Å². The molecule has 1 atom stereocenters. The number of aryl methyl sites for hydroxylation is 1. The highest BCUT2D eigenvalue weighted by molar-refractivity contribution is 5.47. The number of ether oxygens (including phenoxy) is 2. The Labute approximate surface area is 117 Å². The lowest BCUT2D eigenvalue weighted by Gasteiger charge is -2.16. The van der Waals surface area contributed by atoms with Crippen molar-refractivity contribution in [2.24, 2.45) is 5.73 Å². The lowest BCUT2D eigenvalue weighted by atomic mass is 10.00. The van der Waals surface area contributed by atoms with Crippen LogP contribution < -0.4 is 15.2 Å². The number of nitrogens with two attached hydrogens (primary N) is 1. The van der Waals surface area contributed by atoms with E-state index in [1.807, 2.05) is 6.92 Å². The van der Waals surface area contributed by atoms with E-state index < -0.39 is 0 Å². The number of hydrogen-bond donors (Lipinski definition) is 1. The average molecular weight is 265 g/mol. The van der Waals surface area contributed by atoms with Crippen molar-refractivity contribution < 1.29 is 9.47 Å². The largest absolute Gasteiger partial charge is 0.496 e. The Morgan fingerprint density at radius 3 is 2.16 bits per heavy atom. The normalized spacial score (nSPS) is 12.3. The van der Waals surface area contributed by atoms with E-state index in [1.54, 1.807) is 14.2 Å². The predicted octanol–water partition coefficient (Wildman–Crippen LogP) is 3.33. The third-order valence-corrected chi connectivity index (χ3v) is 3.28. The van der Waals surface area contributed by atoms with Crippen molar-refractivity contribution in [1.82, 2.24) is 0 Å². The number of rotatable bonds is 8. The number of unbranched alkanes of at least 4 members (excludes halogenated alkanes) is 2. The average Bonchev–Trinajstić information content (AvgIpc) is 2.39. The smallest absolute Gasteiger partial charge is 0.122 e. The van der Waals surface area contributed by atoms with Crippen LogP contribution in [0.2, 0.25) is 0 Å². The predicted molar refractivity (Wildman–Crippen MR) is 80.1 cm³/mol. The summed E-state index contributed by atoms with van der Waals surface area (Å²) in [6.07, 6.45) is 5.48. The van der Waals surface area contributed by atoms with Gasteiger partial charge >= 0.3 is 0 Å². The summed E-state index contributed by atoms with van der Waals surface area (Å²) in [7, 11) is 3.43. The van der Waals surface area contributed by atoms with E-state index in [2.05, 4.69) is 19.1 Å². The summed E-state index contributed by atoms with van der Waals surface area (Å²) in [6.45, 7) is 4.21. The van der Waals surface area contributed by atoms with Gasteiger partial charge in [0.25, 0.3) is 0 Å². The fourth-order valence-corrected chi connectivity index (χ4v) is 2.29. The molecule has 3 nitrogen and oxygen atoms in total. The molecular formula is C16H27NO2. The molecule has 19 heavy (non-hydrogen) atoms. The van der Waals surface area contributed by atoms with Crippen LogP contribution in [0.15, 0.2) is 12.1 Å². The first kappa shape index (κ1) is 15.8. The lowest BCUT2D eigenvalue weighted by Crippen LogP contribution is -2.18. The van der Waals surface area contributed by atoms with Crippen LogP contribution in [0.1, 0.15) is 44.2 Å². The molecule has 3 heteroatoms. The maximum atomic E-state index is 5.88. The summed E-state index contributed by atoms with van der Waals surface area (Å²) in [5.74, 6) is 1.87. The van der Waals surface area contributed by atoms with Crippen molar-refractivity contribution in [3.8, 4) is 11.5 Å². The Kier molecular flexibility index (Phi) is 6.71. The van der Waals surface area contributed by atoms with E-state index in [-0.39, 0.29) is 6.04 Å². The molecule has 0 saturated heterocycles. The molecular weight excluding hydrogens is 238 g/mol. The summed E-state index contributed by atoms with van der Waals surface area (Å²) in [5, 5.41) is 0. The van der Waals surface area contributed by atoms with Gasteiger partial charge in [0.2, 0.25) is 0 Å². The van der Waals surface area contributed by atoms with Crippen LogP contribution in [-0.4, -0.2) is 20.3 Å². The molecule has 0 aliphatic rings. The van der Waals surface area contributed by atoms with Crippen LogP contribution in [0.3, 0.4) is 0 Å². The molecule has 1 rings (SSSR count). The van der Waals surface area contributed by atoms with Gasteiger partial charge in [-0.25, -0.2) is 0 Å². The fourth-order valence-electron chi connectivity index (χ4n) is 2.29. The second-order valence-corrected chi connectivity index (χ2v) is 5.11. The zero-order valence-electron chi connectivity index (χ0n) is 12.7. The number of benzene rings is 1. The van der Waals surface area contributed by atoms with E-state index in [0.29, 0.717) is 0 Å². The van der Waals surface area contributed by atoms with E-state index in [1.165, 1.54) is 24.8 Å². The second kappa shape index (κ2) is 8.05. The van der Waals surface area contributed by atoms with Gasteiger partial charge in [-0.1, -0.05) is 19.8 Å². The van der Waals surface area contributed by atoms with E-state index in [9.17, 15) is 0 Å². The Morgan fingerprint density at radius 1 is 1.05 bits per heavy atom. The highest BCUT2D eigenvalue weighted by Gasteiger charge is 2.12. The number of methoxy groups -OCH3 is 2. The topological polar surface area (TPSA) is 44.5 Å². The van der Waals surface area contributed by atoms with Gasteiger partial charge in [0.05, 0.1) is 14.2 Å². The first-order valence-electron chi connectivity index (χ1n) is 7.11. The minimum atomic E-state index is 0.115. The van der Waals surface area contributed by atoms with Crippen LogP contribution in [0.5, 0.6) is 11.5 Å². The molecule has 1 aromatic rings. The summed E-state index contributed by atoms with van der Waals surface area (Å²) < 4.78 is 11.0. The summed E-state index contributed by atoms with van der Waals surface area (Å²) >= 11 is 0. The molecule has 0 radical (unpaired) electrons. The quantitative estimate of drug-likeness (QED) is 0.733.